The third-order valence-electron chi connectivity index (χ3n) is 3.96. The van der Waals surface area contributed by atoms with E-state index < -0.39 is 27.5 Å². The molecule has 21 heavy (non-hydrogen) atoms. The number of urea groups is 1. The maximum absolute atomic E-state index is 12.7. The van der Waals surface area contributed by atoms with Gasteiger partial charge in [-0.15, -0.1) is 0 Å². The summed E-state index contributed by atoms with van der Waals surface area (Å²) in [4.78, 5) is 23.4. The second-order valence-corrected chi connectivity index (χ2v) is 7.25. The van der Waals surface area contributed by atoms with Crippen LogP contribution in [0, 0.1) is 6.92 Å². The number of aryl methyl sites for hydroxylation is 1. The normalized spacial score (nSPS) is 26.1. The monoisotopic (exact) mass is 309 g/mol. The van der Waals surface area contributed by atoms with Crippen molar-refractivity contribution in [2.45, 2.75) is 23.8 Å². The smallest absolute Gasteiger partial charge is 0.322 e. The summed E-state index contributed by atoms with van der Waals surface area (Å²) in [6, 6.07) is 6.13. The van der Waals surface area contributed by atoms with Gasteiger partial charge < -0.3 is 5.32 Å². The van der Waals surface area contributed by atoms with Crippen LogP contribution in [0.2, 0.25) is 0 Å². The lowest BCUT2D eigenvalue weighted by atomic mass is 10.00. The molecule has 2 aliphatic rings. The summed E-state index contributed by atoms with van der Waals surface area (Å²) < 4.78 is 26.6. The van der Waals surface area contributed by atoms with Crippen molar-refractivity contribution < 1.29 is 18.0 Å². The number of amides is 3. The molecule has 112 valence electrons. The van der Waals surface area contributed by atoms with E-state index in [1.165, 1.54) is 4.31 Å². The van der Waals surface area contributed by atoms with E-state index in [1.807, 2.05) is 0 Å². The predicted octanol–water partition coefficient (Wildman–Crippen LogP) is -0.0324. The Morgan fingerprint density at radius 2 is 1.95 bits per heavy atom. The molecule has 7 nitrogen and oxygen atoms in total. The van der Waals surface area contributed by atoms with Gasteiger partial charge in [0.1, 0.15) is 5.54 Å². The molecule has 2 saturated heterocycles. The lowest BCUT2D eigenvalue weighted by Crippen LogP contribution is -2.49. The van der Waals surface area contributed by atoms with Crippen LogP contribution in [0.1, 0.15) is 12.0 Å². The maximum Gasteiger partial charge on any atom is 0.322 e. The molecule has 2 heterocycles. The van der Waals surface area contributed by atoms with Crippen LogP contribution in [0.25, 0.3) is 0 Å². The number of hydrogen-bond donors (Lipinski definition) is 2. The van der Waals surface area contributed by atoms with Crippen molar-refractivity contribution in [3.63, 3.8) is 0 Å². The van der Waals surface area contributed by atoms with Crippen LogP contribution in [0.5, 0.6) is 0 Å². The Hall–Kier alpha value is -1.93. The number of nitrogens with zero attached hydrogens (tertiary/aromatic N) is 1. The summed E-state index contributed by atoms with van der Waals surface area (Å²) in [7, 11) is -3.67. The molecule has 0 saturated carbocycles. The summed E-state index contributed by atoms with van der Waals surface area (Å²) in [5.74, 6) is -0.463. The minimum Gasteiger partial charge on any atom is -0.322 e. The number of sulfonamides is 1. The molecule has 1 spiro atoms. The summed E-state index contributed by atoms with van der Waals surface area (Å²) in [6.07, 6.45) is 0.273. The van der Waals surface area contributed by atoms with E-state index in [4.69, 9.17) is 0 Å². The zero-order chi connectivity index (χ0) is 15.3. The highest BCUT2D eigenvalue weighted by Crippen LogP contribution is 2.30. The molecule has 2 N–H and O–H groups in total. The van der Waals surface area contributed by atoms with E-state index in [9.17, 15) is 18.0 Å². The quantitative estimate of drug-likeness (QED) is 0.750. The predicted molar refractivity (Wildman–Crippen MR) is 74.0 cm³/mol. The fourth-order valence-corrected chi connectivity index (χ4v) is 4.51. The van der Waals surface area contributed by atoms with E-state index >= 15 is 0 Å². The Kier molecular flexibility index (Phi) is 3.03. The van der Waals surface area contributed by atoms with Gasteiger partial charge in [-0.05, 0) is 25.0 Å². The van der Waals surface area contributed by atoms with Gasteiger partial charge in [-0.2, -0.15) is 4.31 Å². The van der Waals surface area contributed by atoms with Gasteiger partial charge in [-0.25, -0.2) is 13.2 Å². The molecule has 1 atom stereocenters. The highest BCUT2D eigenvalue weighted by Gasteiger charge is 2.53. The zero-order valence-electron chi connectivity index (χ0n) is 11.4. The molecule has 0 aromatic heterocycles. The van der Waals surface area contributed by atoms with E-state index in [2.05, 4.69) is 10.6 Å². The number of carbonyl (C=O) groups excluding carboxylic acids is 2. The molecule has 3 rings (SSSR count). The fraction of sp³-hybridized carbons (Fsp3) is 0.385. The van der Waals surface area contributed by atoms with Crippen LogP contribution < -0.4 is 10.6 Å². The van der Waals surface area contributed by atoms with Crippen molar-refractivity contribution in [2.75, 3.05) is 13.1 Å². The minimum absolute atomic E-state index is 0.0404. The van der Waals surface area contributed by atoms with Crippen LogP contribution in [0.3, 0.4) is 0 Å². The average molecular weight is 309 g/mol. The third-order valence-corrected chi connectivity index (χ3v) is 5.97. The maximum atomic E-state index is 12.7. The van der Waals surface area contributed by atoms with Crippen molar-refractivity contribution in [3.05, 3.63) is 29.8 Å². The first-order chi connectivity index (χ1) is 9.85. The summed E-state index contributed by atoms with van der Waals surface area (Å²) in [5, 5.41) is 4.70. The number of carbonyl (C=O) groups is 2. The Morgan fingerprint density at radius 3 is 2.57 bits per heavy atom. The molecular weight excluding hydrogens is 294 g/mol. The van der Waals surface area contributed by atoms with Gasteiger partial charge in [-0.3, -0.25) is 10.1 Å². The third kappa shape index (κ3) is 2.11. The molecule has 8 heteroatoms. The Bertz CT molecular complexity index is 731. The van der Waals surface area contributed by atoms with Gasteiger partial charge in [0.15, 0.2) is 0 Å². The molecule has 2 fully saturated rings. The molecule has 1 aromatic rings. The van der Waals surface area contributed by atoms with Crippen LogP contribution in [0.15, 0.2) is 29.2 Å². The van der Waals surface area contributed by atoms with Crippen LogP contribution in [0.4, 0.5) is 4.79 Å². The second-order valence-electron chi connectivity index (χ2n) is 5.34. The number of imide groups is 1. The zero-order valence-corrected chi connectivity index (χ0v) is 12.2. The molecular formula is C13H15N3O4S. The van der Waals surface area contributed by atoms with Gasteiger partial charge in [0.2, 0.25) is 10.0 Å². The van der Waals surface area contributed by atoms with E-state index in [-0.39, 0.29) is 24.4 Å². The highest BCUT2D eigenvalue weighted by atomic mass is 32.2. The first-order valence-corrected chi connectivity index (χ1v) is 7.99. The number of benzene rings is 1. The first-order valence-electron chi connectivity index (χ1n) is 6.55. The fourth-order valence-electron chi connectivity index (χ4n) is 2.78. The Labute approximate surface area is 122 Å². The summed E-state index contributed by atoms with van der Waals surface area (Å²) in [5.41, 5.74) is -0.481. The van der Waals surface area contributed by atoms with Gasteiger partial charge >= 0.3 is 6.03 Å². The van der Waals surface area contributed by atoms with Gasteiger partial charge in [-0.1, -0.05) is 18.2 Å². The first kappa shape index (κ1) is 14.0. The van der Waals surface area contributed by atoms with Crippen LogP contribution in [-0.4, -0.2) is 43.3 Å². The van der Waals surface area contributed by atoms with Crippen molar-refractivity contribution in [3.8, 4) is 0 Å². The molecule has 1 unspecified atom stereocenters. The van der Waals surface area contributed by atoms with Crippen LogP contribution in [-0.2, 0) is 14.8 Å². The largest absolute Gasteiger partial charge is 0.322 e. The topological polar surface area (TPSA) is 95.6 Å². The SMILES string of the molecule is Cc1ccccc1S(=O)(=O)N1CCC2(C1)NC(=O)NC2=O. The van der Waals surface area contributed by atoms with Gasteiger partial charge in [0.05, 0.1) is 4.90 Å². The van der Waals surface area contributed by atoms with E-state index in [1.54, 1.807) is 31.2 Å². The number of hydrogen-bond acceptors (Lipinski definition) is 4. The van der Waals surface area contributed by atoms with Crippen LogP contribution >= 0.6 is 0 Å². The Balaban J connectivity index is 1.92. The average Bonchev–Trinajstić information content (AvgIpc) is 2.95. The van der Waals surface area contributed by atoms with Crippen molar-refractivity contribution in [1.29, 1.82) is 0 Å². The highest BCUT2D eigenvalue weighted by molar-refractivity contribution is 7.89. The lowest BCUT2D eigenvalue weighted by Gasteiger charge is -2.21. The molecule has 1 aromatic carbocycles. The number of rotatable bonds is 2. The standard InChI is InChI=1S/C13H15N3O4S/c1-9-4-2-3-5-10(9)21(19,20)16-7-6-13(8-16)11(17)14-12(18)15-13/h2-5H,6-8H2,1H3,(H2,14,15,17,18). The van der Waals surface area contributed by atoms with Gasteiger partial charge in [0.25, 0.3) is 5.91 Å². The van der Waals surface area contributed by atoms with E-state index in [0.717, 1.165) is 0 Å². The second kappa shape index (κ2) is 4.54. The molecule has 3 amide bonds. The van der Waals surface area contributed by atoms with Crippen molar-refractivity contribution >= 4 is 22.0 Å². The van der Waals surface area contributed by atoms with Crippen molar-refractivity contribution in [1.82, 2.24) is 14.9 Å². The van der Waals surface area contributed by atoms with E-state index in [0.29, 0.717) is 5.56 Å². The summed E-state index contributed by atoms with van der Waals surface area (Å²) >= 11 is 0. The molecule has 0 bridgehead atoms. The molecule has 2 aliphatic heterocycles. The van der Waals surface area contributed by atoms with Crippen molar-refractivity contribution in [2.24, 2.45) is 0 Å². The number of nitrogens with one attached hydrogen (secondary N) is 2. The van der Waals surface area contributed by atoms with Gasteiger partial charge in [0, 0.05) is 13.1 Å². The summed E-state index contributed by atoms with van der Waals surface area (Å²) in [6.45, 7) is 1.88. The Morgan fingerprint density at radius 1 is 1.24 bits per heavy atom. The minimum atomic E-state index is -3.67. The molecule has 0 radical (unpaired) electrons. The molecule has 0 aliphatic carbocycles. The lowest BCUT2D eigenvalue weighted by molar-refractivity contribution is -0.123.